The summed E-state index contributed by atoms with van der Waals surface area (Å²) in [7, 11) is 4.15. The fraction of sp³-hybridized carbons (Fsp3) is 0.800. The van der Waals surface area contributed by atoms with Gasteiger partial charge in [0.05, 0.1) is 12.2 Å². The van der Waals surface area contributed by atoms with Crippen molar-refractivity contribution in [2.24, 2.45) is 0 Å². The summed E-state index contributed by atoms with van der Waals surface area (Å²) >= 11 is 0. The van der Waals surface area contributed by atoms with Crippen LogP contribution in [0.25, 0.3) is 0 Å². The SMILES string of the molecule is CN(C)C1CCCN(C(=O)c2cn(C3CCNCC3)nn2)C1. The first-order valence-electron chi connectivity index (χ1n) is 8.23. The van der Waals surface area contributed by atoms with Crippen molar-refractivity contribution >= 4 is 5.91 Å². The molecule has 1 aromatic heterocycles. The monoisotopic (exact) mass is 306 g/mol. The summed E-state index contributed by atoms with van der Waals surface area (Å²) in [5.74, 6) is 0.0201. The average molecular weight is 306 g/mol. The van der Waals surface area contributed by atoms with Crippen LogP contribution in [0.4, 0.5) is 0 Å². The minimum atomic E-state index is 0.0201. The van der Waals surface area contributed by atoms with E-state index in [1.807, 2.05) is 15.8 Å². The molecule has 0 saturated carbocycles. The fourth-order valence-corrected chi connectivity index (χ4v) is 3.35. The summed E-state index contributed by atoms with van der Waals surface area (Å²) in [5.41, 5.74) is 0.484. The molecular formula is C15H26N6O. The molecule has 7 heteroatoms. The number of nitrogens with zero attached hydrogens (tertiary/aromatic N) is 5. The van der Waals surface area contributed by atoms with Crippen LogP contribution in [0.3, 0.4) is 0 Å². The molecule has 1 amide bonds. The number of nitrogens with one attached hydrogen (secondary N) is 1. The second-order valence-corrected chi connectivity index (χ2v) is 6.58. The Hall–Kier alpha value is -1.47. The van der Waals surface area contributed by atoms with E-state index in [1.54, 1.807) is 0 Å². The lowest BCUT2D eigenvalue weighted by Gasteiger charge is -2.35. The molecule has 122 valence electrons. The van der Waals surface area contributed by atoms with E-state index in [0.29, 0.717) is 17.8 Å². The molecule has 0 radical (unpaired) electrons. The third-order valence-electron chi connectivity index (χ3n) is 4.83. The molecule has 2 fully saturated rings. The Morgan fingerprint density at radius 1 is 1.32 bits per heavy atom. The van der Waals surface area contributed by atoms with Crippen LogP contribution < -0.4 is 5.32 Å². The van der Waals surface area contributed by atoms with Crippen LogP contribution in [0.15, 0.2) is 6.20 Å². The minimum Gasteiger partial charge on any atom is -0.336 e. The van der Waals surface area contributed by atoms with Crippen molar-refractivity contribution in [3.05, 3.63) is 11.9 Å². The third kappa shape index (κ3) is 3.30. The molecule has 1 aromatic rings. The Labute approximate surface area is 131 Å². The molecule has 0 aromatic carbocycles. The van der Waals surface area contributed by atoms with Gasteiger partial charge in [-0.15, -0.1) is 5.10 Å². The van der Waals surface area contributed by atoms with Crippen molar-refractivity contribution in [3.8, 4) is 0 Å². The maximum absolute atomic E-state index is 12.6. The van der Waals surface area contributed by atoms with Crippen LogP contribution in [0.2, 0.25) is 0 Å². The van der Waals surface area contributed by atoms with E-state index < -0.39 is 0 Å². The van der Waals surface area contributed by atoms with Crippen LogP contribution in [0.5, 0.6) is 0 Å². The molecule has 2 aliphatic heterocycles. The standard InChI is InChI=1S/C15H26N6O/c1-19(2)13-4-3-9-20(10-13)15(22)14-11-21(18-17-14)12-5-7-16-8-6-12/h11-13,16H,3-10H2,1-2H3. The molecule has 3 rings (SSSR count). The Balaban J connectivity index is 1.66. The van der Waals surface area contributed by atoms with E-state index in [2.05, 4.69) is 34.6 Å². The van der Waals surface area contributed by atoms with Gasteiger partial charge in [-0.1, -0.05) is 5.21 Å². The van der Waals surface area contributed by atoms with Gasteiger partial charge in [0, 0.05) is 19.1 Å². The quantitative estimate of drug-likeness (QED) is 0.874. The van der Waals surface area contributed by atoms with Crippen molar-refractivity contribution in [1.29, 1.82) is 0 Å². The highest BCUT2D eigenvalue weighted by atomic mass is 16.2. The van der Waals surface area contributed by atoms with E-state index in [0.717, 1.165) is 51.9 Å². The molecule has 0 bridgehead atoms. The second-order valence-electron chi connectivity index (χ2n) is 6.58. The van der Waals surface area contributed by atoms with Gasteiger partial charge in [-0.05, 0) is 52.9 Å². The van der Waals surface area contributed by atoms with Gasteiger partial charge >= 0.3 is 0 Å². The van der Waals surface area contributed by atoms with Crippen LogP contribution in [0.1, 0.15) is 42.2 Å². The van der Waals surface area contributed by atoms with Crippen LogP contribution in [0, 0.1) is 0 Å². The number of likely N-dealkylation sites (tertiary alicyclic amines) is 1. The van der Waals surface area contributed by atoms with Gasteiger partial charge in [0.1, 0.15) is 0 Å². The number of carbonyl (C=O) groups excluding carboxylic acids is 1. The van der Waals surface area contributed by atoms with Gasteiger partial charge in [0.2, 0.25) is 0 Å². The molecule has 0 aliphatic carbocycles. The van der Waals surface area contributed by atoms with Crippen LogP contribution >= 0.6 is 0 Å². The number of hydrogen-bond donors (Lipinski definition) is 1. The Kier molecular flexibility index (Phi) is 4.73. The minimum absolute atomic E-state index is 0.0201. The lowest BCUT2D eigenvalue weighted by atomic mass is 10.0. The van der Waals surface area contributed by atoms with Crippen molar-refractivity contribution in [2.45, 2.75) is 37.8 Å². The highest BCUT2D eigenvalue weighted by Gasteiger charge is 2.27. The number of carbonyl (C=O) groups is 1. The fourth-order valence-electron chi connectivity index (χ4n) is 3.35. The van der Waals surface area contributed by atoms with Crippen molar-refractivity contribution in [3.63, 3.8) is 0 Å². The lowest BCUT2D eigenvalue weighted by Crippen LogP contribution is -2.47. The molecule has 0 spiro atoms. The Bertz CT molecular complexity index is 508. The van der Waals surface area contributed by atoms with Crippen molar-refractivity contribution in [1.82, 2.24) is 30.1 Å². The maximum Gasteiger partial charge on any atom is 0.276 e. The molecule has 1 N–H and O–H groups in total. The van der Waals surface area contributed by atoms with Gasteiger partial charge in [-0.3, -0.25) is 4.79 Å². The zero-order valence-corrected chi connectivity index (χ0v) is 13.5. The smallest absolute Gasteiger partial charge is 0.276 e. The summed E-state index contributed by atoms with van der Waals surface area (Å²) in [6.07, 6.45) is 6.12. The molecule has 7 nitrogen and oxygen atoms in total. The molecule has 1 atom stereocenters. The van der Waals surface area contributed by atoms with Gasteiger partial charge in [0.15, 0.2) is 5.69 Å². The molecular weight excluding hydrogens is 280 g/mol. The van der Waals surface area contributed by atoms with E-state index in [9.17, 15) is 4.79 Å². The average Bonchev–Trinajstić information content (AvgIpc) is 3.05. The highest BCUT2D eigenvalue weighted by Crippen LogP contribution is 2.19. The lowest BCUT2D eigenvalue weighted by molar-refractivity contribution is 0.0629. The zero-order chi connectivity index (χ0) is 15.5. The summed E-state index contributed by atoms with van der Waals surface area (Å²) in [5, 5.41) is 11.7. The van der Waals surface area contributed by atoms with Gasteiger partial charge < -0.3 is 15.1 Å². The largest absolute Gasteiger partial charge is 0.336 e. The molecule has 3 heterocycles. The number of rotatable bonds is 3. The summed E-state index contributed by atoms with van der Waals surface area (Å²) in [6.45, 7) is 3.62. The molecule has 1 unspecified atom stereocenters. The topological polar surface area (TPSA) is 66.3 Å². The van der Waals surface area contributed by atoms with Crippen LogP contribution in [-0.4, -0.2) is 77.0 Å². The van der Waals surface area contributed by atoms with E-state index in [-0.39, 0.29) is 5.91 Å². The second kappa shape index (κ2) is 6.75. The first-order chi connectivity index (χ1) is 10.6. The maximum atomic E-state index is 12.6. The Morgan fingerprint density at radius 3 is 2.82 bits per heavy atom. The normalized spacial score (nSPS) is 24.0. The van der Waals surface area contributed by atoms with E-state index in [1.165, 1.54) is 0 Å². The predicted molar refractivity (Wildman–Crippen MR) is 83.8 cm³/mol. The van der Waals surface area contributed by atoms with Gasteiger partial charge in [0.25, 0.3) is 5.91 Å². The van der Waals surface area contributed by atoms with Gasteiger partial charge in [-0.25, -0.2) is 4.68 Å². The Morgan fingerprint density at radius 2 is 2.09 bits per heavy atom. The molecule has 2 aliphatic rings. The number of likely N-dealkylation sites (N-methyl/N-ethyl adjacent to an activating group) is 1. The van der Waals surface area contributed by atoms with E-state index >= 15 is 0 Å². The summed E-state index contributed by atoms with van der Waals surface area (Å²) < 4.78 is 1.88. The summed E-state index contributed by atoms with van der Waals surface area (Å²) in [4.78, 5) is 16.8. The number of hydrogen-bond acceptors (Lipinski definition) is 5. The first kappa shape index (κ1) is 15.4. The van der Waals surface area contributed by atoms with Gasteiger partial charge in [-0.2, -0.15) is 0 Å². The van der Waals surface area contributed by atoms with Crippen molar-refractivity contribution in [2.75, 3.05) is 40.3 Å². The van der Waals surface area contributed by atoms with Crippen molar-refractivity contribution < 1.29 is 4.79 Å². The zero-order valence-electron chi connectivity index (χ0n) is 13.5. The predicted octanol–water partition coefficient (Wildman–Crippen LogP) is 0.369. The first-order valence-corrected chi connectivity index (χ1v) is 8.23. The number of piperidine rings is 2. The summed E-state index contributed by atoms with van der Waals surface area (Å²) in [6, 6.07) is 0.809. The molecule has 22 heavy (non-hydrogen) atoms. The highest BCUT2D eigenvalue weighted by molar-refractivity contribution is 5.92. The number of aromatic nitrogens is 3. The third-order valence-corrected chi connectivity index (χ3v) is 4.83. The number of amides is 1. The van der Waals surface area contributed by atoms with Crippen LogP contribution in [-0.2, 0) is 0 Å². The molecule has 2 saturated heterocycles. The van der Waals surface area contributed by atoms with E-state index in [4.69, 9.17) is 0 Å².